The predicted molar refractivity (Wildman–Crippen MR) is 71.8 cm³/mol. The van der Waals surface area contributed by atoms with Crippen molar-refractivity contribution in [3.05, 3.63) is 47.9 Å². The van der Waals surface area contributed by atoms with Crippen LogP contribution in [0.4, 0.5) is 0 Å². The lowest BCUT2D eigenvalue weighted by Crippen LogP contribution is -2.11. The van der Waals surface area contributed by atoms with Gasteiger partial charge in [0.15, 0.2) is 0 Å². The molecule has 2 aromatic rings. The average molecular weight is 245 g/mol. The number of methoxy groups -OCH3 is 1. The number of hydrogen-bond donors (Lipinski definition) is 1. The second kappa shape index (κ2) is 5.69. The fourth-order valence-electron chi connectivity index (χ4n) is 1.91. The highest BCUT2D eigenvalue weighted by atomic mass is 16.5. The van der Waals surface area contributed by atoms with E-state index in [1.165, 1.54) is 5.56 Å². The Morgan fingerprint density at radius 3 is 3.00 bits per heavy atom. The number of rotatable bonds is 5. The average Bonchev–Trinajstić information content (AvgIpc) is 2.87. The standard InChI is InChI=1S/C14H19N3O/c1-11(15-2)12-6-8-17(9-12)10-13-5-4-7-16-14(13)18-3/h4-9,11,15H,10H2,1-3H3. The van der Waals surface area contributed by atoms with E-state index < -0.39 is 0 Å². The van der Waals surface area contributed by atoms with Crippen LogP contribution in [0.15, 0.2) is 36.8 Å². The normalized spacial score (nSPS) is 12.4. The highest BCUT2D eigenvalue weighted by Crippen LogP contribution is 2.17. The number of hydrogen-bond acceptors (Lipinski definition) is 3. The lowest BCUT2D eigenvalue weighted by Gasteiger charge is -2.09. The molecule has 0 spiro atoms. The molecule has 0 bridgehead atoms. The van der Waals surface area contributed by atoms with Gasteiger partial charge in [0.05, 0.1) is 13.7 Å². The van der Waals surface area contributed by atoms with Crippen LogP contribution >= 0.6 is 0 Å². The van der Waals surface area contributed by atoms with E-state index in [0.717, 1.165) is 12.1 Å². The molecule has 4 heteroatoms. The topological polar surface area (TPSA) is 39.1 Å². The molecule has 0 aliphatic heterocycles. The van der Waals surface area contributed by atoms with Crippen LogP contribution in [0.2, 0.25) is 0 Å². The Labute approximate surface area is 108 Å². The van der Waals surface area contributed by atoms with Crippen LogP contribution in [-0.4, -0.2) is 23.7 Å². The minimum atomic E-state index is 0.363. The van der Waals surface area contributed by atoms with Crippen molar-refractivity contribution in [2.75, 3.05) is 14.2 Å². The summed E-state index contributed by atoms with van der Waals surface area (Å²) in [7, 11) is 3.61. The predicted octanol–water partition coefficient (Wildman–Crippen LogP) is 2.22. The Bertz CT molecular complexity index is 507. The van der Waals surface area contributed by atoms with Crippen molar-refractivity contribution >= 4 is 0 Å². The van der Waals surface area contributed by atoms with E-state index in [4.69, 9.17) is 4.74 Å². The highest BCUT2D eigenvalue weighted by molar-refractivity contribution is 5.26. The van der Waals surface area contributed by atoms with E-state index in [-0.39, 0.29) is 0 Å². The van der Waals surface area contributed by atoms with Crippen LogP contribution in [0.5, 0.6) is 5.88 Å². The van der Waals surface area contributed by atoms with E-state index in [9.17, 15) is 0 Å². The summed E-state index contributed by atoms with van der Waals surface area (Å²) in [5, 5.41) is 3.23. The molecule has 0 amide bonds. The molecule has 2 aromatic heterocycles. The summed E-state index contributed by atoms with van der Waals surface area (Å²) in [6, 6.07) is 6.46. The van der Waals surface area contributed by atoms with Gasteiger partial charge in [-0.05, 0) is 31.7 Å². The molecule has 1 atom stereocenters. The van der Waals surface area contributed by atoms with Gasteiger partial charge in [-0.15, -0.1) is 0 Å². The maximum Gasteiger partial charge on any atom is 0.218 e. The number of nitrogens with one attached hydrogen (secondary N) is 1. The maximum absolute atomic E-state index is 5.26. The van der Waals surface area contributed by atoms with Gasteiger partial charge in [-0.1, -0.05) is 6.07 Å². The summed E-state index contributed by atoms with van der Waals surface area (Å²) in [5.74, 6) is 0.689. The molecule has 2 rings (SSSR count). The smallest absolute Gasteiger partial charge is 0.218 e. The monoisotopic (exact) mass is 245 g/mol. The summed E-state index contributed by atoms with van der Waals surface area (Å²) in [5.41, 5.74) is 2.36. The Hall–Kier alpha value is -1.81. The SMILES string of the molecule is CNC(C)c1ccn(Cc2cccnc2OC)c1. The molecular weight excluding hydrogens is 226 g/mol. The fraction of sp³-hybridized carbons (Fsp3) is 0.357. The third-order valence-electron chi connectivity index (χ3n) is 3.10. The molecule has 0 saturated carbocycles. The molecule has 96 valence electrons. The molecule has 18 heavy (non-hydrogen) atoms. The number of ether oxygens (including phenoxy) is 1. The van der Waals surface area contributed by atoms with Gasteiger partial charge in [-0.25, -0.2) is 4.98 Å². The van der Waals surface area contributed by atoms with Gasteiger partial charge in [-0.3, -0.25) is 0 Å². The first-order chi connectivity index (χ1) is 8.74. The quantitative estimate of drug-likeness (QED) is 0.878. The minimum absolute atomic E-state index is 0.363. The summed E-state index contributed by atoms with van der Waals surface area (Å²) in [4.78, 5) is 4.20. The van der Waals surface area contributed by atoms with Crippen molar-refractivity contribution in [1.29, 1.82) is 0 Å². The van der Waals surface area contributed by atoms with Crippen molar-refractivity contribution in [3.8, 4) is 5.88 Å². The summed E-state index contributed by atoms with van der Waals surface area (Å²) in [6.45, 7) is 2.91. The molecule has 4 nitrogen and oxygen atoms in total. The zero-order valence-electron chi connectivity index (χ0n) is 11.1. The van der Waals surface area contributed by atoms with Gasteiger partial charge in [0.2, 0.25) is 5.88 Å². The van der Waals surface area contributed by atoms with E-state index in [1.807, 2.05) is 19.2 Å². The van der Waals surface area contributed by atoms with Crippen LogP contribution in [0.25, 0.3) is 0 Å². The zero-order valence-corrected chi connectivity index (χ0v) is 11.1. The fourth-order valence-corrected chi connectivity index (χ4v) is 1.91. The first kappa shape index (κ1) is 12.6. The highest BCUT2D eigenvalue weighted by Gasteiger charge is 2.07. The molecule has 1 N–H and O–H groups in total. The third kappa shape index (κ3) is 2.71. The third-order valence-corrected chi connectivity index (χ3v) is 3.10. The van der Waals surface area contributed by atoms with Crippen LogP contribution < -0.4 is 10.1 Å². The lowest BCUT2D eigenvalue weighted by atomic mass is 10.2. The lowest BCUT2D eigenvalue weighted by molar-refractivity contribution is 0.391. The molecule has 2 heterocycles. The Kier molecular flexibility index (Phi) is 3.99. The van der Waals surface area contributed by atoms with Gasteiger partial charge in [0.1, 0.15) is 0 Å². The number of aromatic nitrogens is 2. The molecule has 0 radical (unpaired) electrons. The van der Waals surface area contributed by atoms with Gasteiger partial charge in [0, 0.05) is 30.2 Å². The van der Waals surface area contributed by atoms with E-state index in [2.05, 4.69) is 40.3 Å². The van der Waals surface area contributed by atoms with Gasteiger partial charge < -0.3 is 14.6 Å². The first-order valence-corrected chi connectivity index (χ1v) is 6.05. The summed E-state index contributed by atoms with van der Waals surface area (Å²) in [6.07, 6.45) is 5.97. The van der Waals surface area contributed by atoms with Crippen molar-refractivity contribution < 1.29 is 4.74 Å². The van der Waals surface area contributed by atoms with Gasteiger partial charge in [0.25, 0.3) is 0 Å². The van der Waals surface area contributed by atoms with Gasteiger partial charge in [-0.2, -0.15) is 0 Å². The van der Waals surface area contributed by atoms with Crippen molar-refractivity contribution in [2.45, 2.75) is 19.5 Å². The number of nitrogens with zero attached hydrogens (tertiary/aromatic N) is 2. The van der Waals surface area contributed by atoms with E-state index in [1.54, 1.807) is 13.3 Å². The zero-order chi connectivity index (χ0) is 13.0. The van der Waals surface area contributed by atoms with Crippen molar-refractivity contribution in [2.24, 2.45) is 0 Å². The molecule has 0 aliphatic carbocycles. The Morgan fingerprint density at radius 1 is 1.44 bits per heavy atom. The van der Waals surface area contributed by atoms with Crippen LogP contribution in [0.3, 0.4) is 0 Å². The molecular formula is C14H19N3O. The first-order valence-electron chi connectivity index (χ1n) is 6.05. The van der Waals surface area contributed by atoms with Crippen molar-refractivity contribution in [1.82, 2.24) is 14.9 Å². The van der Waals surface area contributed by atoms with Crippen LogP contribution in [-0.2, 0) is 6.54 Å². The van der Waals surface area contributed by atoms with E-state index in [0.29, 0.717) is 11.9 Å². The van der Waals surface area contributed by atoms with Crippen LogP contribution in [0, 0.1) is 0 Å². The van der Waals surface area contributed by atoms with Gasteiger partial charge >= 0.3 is 0 Å². The van der Waals surface area contributed by atoms with Crippen LogP contribution in [0.1, 0.15) is 24.1 Å². The number of pyridine rings is 1. The second-order valence-corrected chi connectivity index (χ2v) is 4.30. The molecule has 0 aliphatic rings. The maximum atomic E-state index is 5.26. The molecule has 0 aromatic carbocycles. The summed E-state index contributed by atoms with van der Waals surface area (Å²) >= 11 is 0. The molecule has 0 saturated heterocycles. The second-order valence-electron chi connectivity index (χ2n) is 4.30. The largest absolute Gasteiger partial charge is 0.481 e. The molecule has 1 unspecified atom stereocenters. The van der Waals surface area contributed by atoms with E-state index >= 15 is 0 Å². The Balaban J connectivity index is 2.16. The molecule has 0 fully saturated rings. The summed E-state index contributed by atoms with van der Waals surface area (Å²) < 4.78 is 7.40. The minimum Gasteiger partial charge on any atom is -0.481 e. The van der Waals surface area contributed by atoms with Crippen molar-refractivity contribution in [3.63, 3.8) is 0 Å². The Morgan fingerprint density at radius 2 is 2.28 bits per heavy atom.